The lowest BCUT2D eigenvalue weighted by Gasteiger charge is -2.33. The van der Waals surface area contributed by atoms with Crippen molar-refractivity contribution in [2.24, 2.45) is 0 Å². The molecule has 106 valence electrons. The first-order chi connectivity index (χ1) is 8.82. The van der Waals surface area contributed by atoms with Crippen LogP contribution >= 0.6 is 0 Å². The van der Waals surface area contributed by atoms with Crippen LogP contribution in [0.4, 0.5) is 0 Å². The maximum absolute atomic E-state index is 12.4. The van der Waals surface area contributed by atoms with Crippen LogP contribution in [-0.4, -0.2) is 29.0 Å². The number of ether oxygens (including phenoxy) is 1. The lowest BCUT2D eigenvalue weighted by atomic mass is 10.2. The Bertz CT molecular complexity index is 419. The molecular weight excluding hydrogens is 238 g/mol. The molecule has 0 radical (unpaired) electrons. The Morgan fingerprint density at radius 2 is 1.68 bits per heavy atom. The van der Waals surface area contributed by atoms with Gasteiger partial charge in [0.05, 0.1) is 0 Å². The minimum atomic E-state index is -0.466. The molecule has 0 saturated heterocycles. The van der Waals surface area contributed by atoms with Crippen LogP contribution in [0.25, 0.3) is 0 Å². The monoisotopic (exact) mass is 263 g/mol. The van der Waals surface area contributed by atoms with Crippen molar-refractivity contribution >= 4 is 5.91 Å². The number of hydrogen-bond acceptors (Lipinski definition) is 2. The molecule has 1 rings (SSSR count). The Morgan fingerprint density at radius 1 is 1.11 bits per heavy atom. The lowest BCUT2D eigenvalue weighted by Crippen LogP contribution is -2.48. The number of aryl methyl sites for hydroxylation is 1. The molecular formula is C16H25NO2. The van der Waals surface area contributed by atoms with Crippen molar-refractivity contribution in [1.29, 1.82) is 0 Å². The SMILES string of the molecule is Cc1cccc(O[C@H](C)C(=O)N(C(C)C)C(C)C)c1. The van der Waals surface area contributed by atoms with Gasteiger partial charge in [0.25, 0.3) is 5.91 Å². The van der Waals surface area contributed by atoms with Gasteiger partial charge in [-0.1, -0.05) is 12.1 Å². The standard InChI is InChI=1S/C16H25NO2/c1-11(2)17(12(3)4)16(18)14(6)19-15-9-7-8-13(5)10-15/h7-12,14H,1-6H3/t14-/m1/s1. The average Bonchev–Trinajstić information content (AvgIpc) is 2.27. The van der Waals surface area contributed by atoms with Crippen LogP contribution in [0.1, 0.15) is 40.2 Å². The Kier molecular flexibility index (Phi) is 5.40. The van der Waals surface area contributed by atoms with E-state index in [0.29, 0.717) is 0 Å². The molecule has 0 bridgehead atoms. The number of rotatable bonds is 5. The molecule has 3 nitrogen and oxygen atoms in total. The van der Waals surface area contributed by atoms with Gasteiger partial charge in [-0.3, -0.25) is 4.79 Å². The fourth-order valence-corrected chi connectivity index (χ4v) is 2.26. The molecule has 0 aliphatic carbocycles. The van der Waals surface area contributed by atoms with Gasteiger partial charge in [0.1, 0.15) is 5.75 Å². The van der Waals surface area contributed by atoms with E-state index >= 15 is 0 Å². The van der Waals surface area contributed by atoms with E-state index in [-0.39, 0.29) is 18.0 Å². The molecule has 1 aromatic rings. The van der Waals surface area contributed by atoms with Crippen LogP contribution in [0, 0.1) is 6.92 Å². The highest BCUT2D eigenvalue weighted by Crippen LogP contribution is 2.16. The van der Waals surface area contributed by atoms with Crippen LogP contribution in [0.15, 0.2) is 24.3 Å². The van der Waals surface area contributed by atoms with Crippen LogP contribution in [-0.2, 0) is 4.79 Å². The topological polar surface area (TPSA) is 29.5 Å². The molecule has 0 saturated carbocycles. The Hall–Kier alpha value is -1.51. The zero-order valence-corrected chi connectivity index (χ0v) is 12.8. The predicted octanol–water partition coefficient (Wildman–Crippen LogP) is 3.41. The van der Waals surface area contributed by atoms with Crippen LogP contribution in [0.3, 0.4) is 0 Å². The number of nitrogens with zero attached hydrogens (tertiary/aromatic N) is 1. The maximum atomic E-state index is 12.4. The summed E-state index contributed by atoms with van der Waals surface area (Å²) < 4.78 is 5.75. The van der Waals surface area contributed by atoms with Gasteiger partial charge in [-0.25, -0.2) is 0 Å². The molecule has 1 atom stereocenters. The van der Waals surface area contributed by atoms with Gasteiger partial charge in [0.15, 0.2) is 6.10 Å². The highest BCUT2D eigenvalue weighted by molar-refractivity contribution is 5.81. The maximum Gasteiger partial charge on any atom is 0.263 e. The van der Waals surface area contributed by atoms with E-state index in [1.165, 1.54) is 0 Å². The molecule has 0 spiro atoms. The fraction of sp³-hybridized carbons (Fsp3) is 0.562. The third-order valence-electron chi connectivity index (χ3n) is 3.02. The highest BCUT2D eigenvalue weighted by Gasteiger charge is 2.26. The van der Waals surface area contributed by atoms with Crippen molar-refractivity contribution in [2.45, 2.75) is 59.7 Å². The Balaban J connectivity index is 2.76. The third kappa shape index (κ3) is 4.27. The summed E-state index contributed by atoms with van der Waals surface area (Å²) in [5.41, 5.74) is 1.13. The zero-order valence-electron chi connectivity index (χ0n) is 12.8. The Labute approximate surface area is 116 Å². The van der Waals surface area contributed by atoms with E-state index in [4.69, 9.17) is 4.74 Å². The van der Waals surface area contributed by atoms with Crippen molar-refractivity contribution in [3.63, 3.8) is 0 Å². The van der Waals surface area contributed by atoms with Crippen molar-refractivity contribution in [3.05, 3.63) is 29.8 Å². The molecule has 0 N–H and O–H groups in total. The van der Waals surface area contributed by atoms with Crippen molar-refractivity contribution < 1.29 is 9.53 Å². The van der Waals surface area contributed by atoms with E-state index in [0.717, 1.165) is 11.3 Å². The van der Waals surface area contributed by atoms with Gasteiger partial charge in [-0.15, -0.1) is 0 Å². The molecule has 3 heteroatoms. The second kappa shape index (κ2) is 6.60. The minimum absolute atomic E-state index is 0.0338. The second-order valence-electron chi connectivity index (χ2n) is 5.51. The molecule has 19 heavy (non-hydrogen) atoms. The summed E-state index contributed by atoms with van der Waals surface area (Å²) >= 11 is 0. The number of carbonyl (C=O) groups excluding carboxylic acids is 1. The minimum Gasteiger partial charge on any atom is -0.481 e. The molecule has 0 aliphatic heterocycles. The van der Waals surface area contributed by atoms with Gasteiger partial charge in [0, 0.05) is 12.1 Å². The predicted molar refractivity (Wildman–Crippen MR) is 78.4 cm³/mol. The van der Waals surface area contributed by atoms with Crippen molar-refractivity contribution in [3.8, 4) is 5.75 Å². The largest absolute Gasteiger partial charge is 0.481 e. The van der Waals surface area contributed by atoms with Gasteiger partial charge in [-0.05, 0) is 59.2 Å². The average molecular weight is 263 g/mol. The molecule has 0 heterocycles. The highest BCUT2D eigenvalue weighted by atomic mass is 16.5. The number of carbonyl (C=O) groups is 1. The first-order valence-corrected chi connectivity index (χ1v) is 6.88. The normalized spacial score (nSPS) is 12.6. The molecule has 1 amide bonds. The van der Waals surface area contributed by atoms with Crippen LogP contribution < -0.4 is 4.74 Å². The van der Waals surface area contributed by atoms with Gasteiger partial charge in [-0.2, -0.15) is 0 Å². The molecule has 0 unspecified atom stereocenters. The summed E-state index contributed by atoms with van der Waals surface area (Å²) in [6.07, 6.45) is -0.466. The van der Waals surface area contributed by atoms with E-state index in [2.05, 4.69) is 0 Å². The lowest BCUT2D eigenvalue weighted by molar-refractivity contribution is -0.141. The second-order valence-corrected chi connectivity index (χ2v) is 5.51. The molecule has 0 aromatic heterocycles. The van der Waals surface area contributed by atoms with Crippen LogP contribution in [0.2, 0.25) is 0 Å². The smallest absolute Gasteiger partial charge is 0.263 e. The van der Waals surface area contributed by atoms with E-state index in [1.807, 2.05) is 70.7 Å². The quantitative estimate of drug-likeness (QED) is 0.814. The van der Waals surface area contributed by atoms with Gasteiger partial charge in [0.2, 0.25) is 0 Å². The van der Waals surface area contributed by atoms with Gasteiger partial charge >= 0.3 is 0 Å². The van der Waals surface area contributed by atoms with Crippen LogP contribution in [0.5, 0.6) is 5.75 Å². The molecule has 1 aromatic carbocycles. The summed E-state index contributed by atoms with van der Waals surface area (Å²) in [5, 5.41) is 0. The van der Waals surface area contributed by atoms with E-state index in [1.54, 1.807) is 0 Å². The van der Waals surface area contributed by atoms with E-state index in [9.17, 15) is 4.79 Å². The summed E-state index contributed by atoms with van der Waals surface area (Å²) in [6.45, 7) is 11.9. The number of amides is 1. The van der Waals surface area contributed by atoms with E-state index < -0.39 is 6.10 Å². The molecule has 0 fully saturated rings. The summed E-state index contributed by atoms with van der Waals surface area (Å²) in [6, 6.07) is 8.12. The summed E-state index contributed by atoms with van der Waals surface area (Å²) in [5.74, 6) is 0.778. The summed E-state index contributed by atoms with van der Waals surface area (Å²) in [4.78, 5) is 14.3. The summed E-state index contributed by atoms with van der Waals surface area (Å²) in [7, 11) is 0. The fourth-order valence-electron chi connectivity index (χ4n) is 2.26. The van der Waals surface area contributed by atoms with Crippen molar-refractivity contribution in [1.82, 2.24) is 4.90 Å². The van der Waals surface area contributed by atoms with Crippen molar-refractivity contribution in [2.75, 3.05) is 0 Å². The first kappa shape index (κ1) is 15.5. The molecule has 0 aliphatic rings. The third-order valence-corrected chi connectivity index (χ3v) is 3.02. The first-order valence-electron chi connectivity index (χ1n) is 6.88. The van der Waals surface area contributed by atoms with Gasteiger partial charge < -0.3 is 9.64 Å². The number of benzene rings is 1. The zero-order chi connectivity index (χ0) is 14.6. The number of hydrogen-bond donors (Lipinski definition) is 0. The Morgan fingerprint density at radius 3 is 2.16 bits per heavy atom.